The van der Waals surface area contributed by atoms with Crippen molar-refractivity contribution >= 4 is 16.8 Å². The minimum atomic E-state index is -0.234. The van der Waals surface area contributed by atoms with Crippen LogP contribution in [0.5, 0.6) is 0 Å². The number of hydrogen-bond acceptors (Lipinski definition) is 1. The van der Waals surface area contributed by atoms with Gasteiger partial charge in [-0.1, -0.05) is 60.2 Å². The van der Waals surface area contributed by atoms with Crippen molar-refractivity contribution in [3.05, 3.63) is 107 Å². The summed E-state index contributed by atoms with van der Waals surface area (Å²) in [5, 5.41) is 4.18. The summed E-state index contributed by atoms with van der Waals surface area (Å²) in [6, 6.07) is 23.4. The highest BCUT2D eigenvalue weighted by molar-refractivity contribution is 5.87. The van der Waals surface area contributed by atoms with Gasteiger partial charge in [0.15, 0.2) is 0 Å². The van der Waals surface area contributed by atoms with Crippen LogP contribution >= 0.6 is 0 Å². The van der Waals surface area contributed by atoms with E-state index in [1.165, 1.54) is 17.7 Å². The Kier molecular flexibility index (Phi) is 6.40. The zero-order chi connectivity index (χ0) is 22.7. The van der Waals surface area contributed by atoms with Gasteiger partial charge in [-0.25, -0.2) is 4.39 Å². The zero-order valence-electron chi connectivity index (χ0n) is 18.8. The topological polar surface area (TPSA) is 34.0 Å². The van der Waals surface area contributed by atoms with Gasteiger partial charge in [-0.15, -0.1) is 0 Å². The molecule has 0 saturated carbocycles. The minimum absolute atomic E-state index is 0.0434. The number of amides is 1. The third kappa shape index (κ3) is 4.91. The SMILES string of the molecule is Cc1cccc(C(CC(=O)NC(C)C)c2cn(Cc3ccc(F)cc3)c3ccccc23)c1. The second-order valence-electron chi connectivity index (χ2n) is 8.75. The molecule has 0 aliphatic rings. The highest BCUT2D eigenvalue weighted by Gasteiger charge is 2.23. The smallest absolute Gasteiger partial charge is 0.221 e. The van der Waals surface area contributed by atoms with Crippen molar-refractivity contribution in [1.29, 1.82) is 0 Å². The number of nitrogens with zero attached hydrogens (tertiary/aromatic N) is 1. The quantitative estimate of drug-likeness (QED) is 0.374. The number of rotatable bonds is 7. The lowest BCUT2D eigenvalue weighted by Crippen LogP contribution is -2.31. The van der Waals surface area contributed by atoms with Gasteiger partial charge in [-0.05, 0) is 55.7 Å². The lowest BCUT2D eigenvalue weighted by Gasteiger charge is -2.19. The number of para-hydroxylation sites is 1. The van der Waals surface area contributed by atoms with E-state index in [1.54, 1.807) is 0 Å². The molecule has 4 rings (SSSR count). The maximum Gasteiger partial charge on any atom is 0.221 e. The summed E-state index contributed by atoms with van der Waals surface area (Å²) in [5.74, 6) is -0.252. The van der Waals surface area contributed by atoms with Crippen LogP contribution in [0, 0.1) is 12.7 Å². The Morgan fingerprint density at radius 3 is 2.47 bits per heavy atom. The fourth-order valence-electron chi connectivity index (χ4n) is 4.33. The molecule has 4 aromatic rings. The Morgan fingerprint density at radius 1 is 1.00 bits per heavy atom. The molecule has 0 spiro atoms. The number of aryl methyl sites for hydroxylation is 1. The second-order valence-corrected chi connectivity index (χ2v) is 8.75. The highest BCUT2D eigenvalue weighted by Crippen LogP contribution is 2.35. The van der Waals surface area contributed by atoms with E-state index in [0.29, 0.717) is 13.0 Å². The average molecular weight is 429 g/mol. The summed E-state index contributed by atoms with van der Waals surface area (Å²) in [6.45, 7) is 6.67. The lowest BCUT2D eigenvalue weighted by atomic mass is 9.87. The molecule has 3 nitrogen and oxygen atoms in total. The molecule has 0 radical (unpaired) electrons. The number of hydrogen-bond donors (Lipinski definition) is 1. The summed E-state index contributed by atoms with van der Waals surface area (Å²) < 4.78 is 15.6. The van der Waals surface area contributed by atoms with Crippen LogP contribution in [0.15, 0.2) is 79.0 Å². The first-order chi connectivity index (χ1) is 15.4. The highest BCUT2D eigenvalue weighted by atomic mass is 19.1. The van der Waals surface area contributed by atoms with E-state index in [2.05, 4.69) is 59.4 Å². The lowest BCUT2D eigenvalue weighted by molar-refractivity contribution is -0.121. The van der Waals surface area contributed by atoms with Gasteiger partial charge < -0.3 is 9.88 Å². The maximum atomic E-state index is 13.4. The summed E-state index contributed by atoms with van der Waals surface area (Å²) in [6.07, 6.45) is 2.54. The zero-order valence-corrected chi connectivity index (χ0v) is 18.8. The van der Waals surface area contributed by atoms with Crippen molar-refractivity contribution in [2.45, 2.75) is 45.7 Å². The predicted molar refractivity (Wildman–Crippen MR) is 128 cm³/mol. The van der Waals surface area contributed by atoms with Crippen molar-refractivity contribution in [3.63, 3.8) is 0 Å². The maximum absolute atomic E-state index is 13.4. The number of fused-ring (bicyclic) bond motifs is 1. The Morgan fingerprint density at radius 2 is 1.75 bits per heavy atom. The van der Waals surface area contributed by atoms with Crippen LogP contribution in [-0.2, 0) is 11.3 Å². The molecule has 164 valence electrons. The van der Waals surface area contributed by atoms with E-state index in [9.17, 15) is 9.18 Å². The average Bonchev–Trinajstić information content (AvgIpc) is 3.11. The van der Waals surface area contributed by atoms with Crippen LogP contribution < -0.4 is 5.32 Å². The van der Waals surface area contributed by atoms with E-state index in [-0.39, 0.29) is 23.7 Å². The summed E-state index contributed by atoms with van der Waals surface area (Å²) in [7, 11) is 0. The Labute approximate surface area is 188 Å². The third-order valence-corrected chi connectivity index (χ3v) is 5.74. The van der Waals surface area contributed by atoms with Crippen molar-refractivity contribution in [2.24, 2.45) is 0 Å². The van der Waals surface area contributed by atoms with Crippen LogP contribution in [0.2, 0.25) is 0 Å². The minimum Gasteiger partial charge on any atom is -0.354 e. The van der Waals surface area contributed by atoms with E-state index in [0.717, 1.165) is 27.6 Å². The normalized spacial score (nSPS) is 12.3. The summed E-state index contributed by atoms with van der Waals surface area (Å²) in [5.41, 5.74) is 5.57. The molecule has 0 aliphatic heterocycles. The number of benzene rings is 3. The van der Waals surface area contributed by atoms with Gasteiger partial charge in [0.2, 0.25) is 5.91 Å². The van der Waals surface area contributed by atoms with E-state index in [1.807, 2.05) is 38.1 Å². The molecule has 32 heavy (non-hydrogen) atoms. The van der Waals surface area contributed by atoms with Crippen LogP contribution in [-0.4, -0.2) is 16.5 Å². The molecule has 4 heteroatoms. The van der Waals surface area contributed by atoms with Gasteiger partial charge in [-0.3, -0.25) is 4.79 Å². The molecule has 0 aliphatic carbocycles. The van der Waals surface area contributed by atoms with Crippen LogP contribution in [0.4, 0.5) is 4.39 Å². The van der Waals surface area contributed by atoms with Crippen molar-refractivity contribution in [2.75, 3.05) is 0 Å². The van der Waals surface area contributed by atoms with Crippen molar-refractivity contribution in [1.82, 2.24) is 9.88 Å². The fourth-order valence-corrected chi connectivity index (χ4v) is 4.33. The van der Waals surface area contributed by atoms with E-state index < -0.39 is 0 Å². The number of carbonyl (C=O) groups is 1. The molecular formula is C28H29FN2O. The standard InChI is InChI=1S/C28H29FN2O/c1-19(2)30-28(32)16-25(22-8-6-7-20(3)15-22)26-18-31(27-10-5-4-9-24(26)27)17-21-11-13-23(29)14-12-21/h4-15,18-19,25H,16-17H2,1-3H3,(H,30,32). The van der Waals surface area contributed by atoms with Crippen LogP contribution in [0.3, 0.4) is 0 Å². The molecule has 1 heterocycles. The molecule has 1 unspecified atom stereocenters. The van der Waals surface area contributed by atoms with Gasteiger partial charge in [-0.2, -0.15) is 0 Å². The molecule has 0 fully saturated rings. The molecule has 1 N–H and O–H groups in total. The Bertz CT molecular complexity index is 1220. The fraction of sp³-hybridized carbons (Fsp3) is 0.250. The number of carbonyl (C=O) groups excluding carboxylic acids is 1. The van der Waals surface area contributed by atoms with Crippen LogP contribution in [0.25, 0.3) is 10.9 Å². The monoisotopic (exact) mass is 428 g/mol. The van der Waals surface area contributed by atoms with Gasteiger partial charge >= 0.3 is 0 Å². The summed E-state index contributed by atoms with van der Waals surface area (Å²) >= 11 is 0. The second kappa shape index (κ2) is 9.39. The summed E-state index contributed by atoms with van der Waals surface area (Å²) in [4.78, 5) is 12.8. The van der Waals surface area contributed by atoms with E-state index in [4.69, 9.17) is 0 Å². The third-order valence-electron chi connectivity index (χ3n) is 5.74. The molecule has 1 amide bonds. The molecule has 0 saturated heterocycles. The Hall–Kier alpha value is -3.40. The van der Waals surface area contributed by atoms with Gasteiger partial charge in [0.1, 0.15) is 5.82 Å². The number of nitrogens with one attached hydrogen (secondary N) is 1. The van der Waals surface area contributed by atoms with Gasteiger partial charge in [0.25, 0.3) is 0 Å². The van der Waals surface area contributed by atoms with Gasteiger partial charge in [0, 0.05) is 42.0 Å². The van der Waals surface area contributed by atoms with Gasteiger partial charge in [0.05, 0.1) is 0 Å². The Balaban J connectivity index is 1.79. The molecule has 0 bridgehead atoms. The molecular weight excluding hydrogens is 399 g/mol. The predicted octanol–water partition coefficient (Wildman–Crippen LogP) is 6.18. The van der Waals surface area contributed by atoms with Crippen LogP contribution in [0.1, 0.15) is 48.4 Å². The molecule has 1 atom stereocenters. The molecule has 1 aromatic heterocycles. The van der Waals surface area contributed by atoms with Crippen molar-refractivity contribution in [3.8, 4) is 0 Å². The number of aromatic nitrogens is 1. The largest absolute Gasteiger partial charge is 0.354 e. The number of halogens is 1. The molecule has 3 aromatic carbocycles. The van der Waals surface area contributed by atoms with E-state index >= 15 is 0 Å². The first kappa shape index (κ1) is 21.8. The first-order valence-electron chi connectivity index (χ1n) is 11.1. The first-order valence-corrected chi connectivity index (χ1v) is 11.1. The van der Waals surface area contributed by atoms with Crippen molar-refractivity contribution < 1.29 is 9.18 Å².